The van der Waals surface area contributed by atoms with Crippen molar-refractivity contribution in [3.63, 3.8) is 0 Å². The zero-order chi connectivity index (χ0) is 3.41. The molecule has 0 aromatic carbocycles. The van der Waals surface area contributed by atoms with Crippen LogP contribution in [-0.4, -0.2) is 18.3 Å². The molecule has 0 aliphatic rings. The summed E-state index contributed by atoms with van der Waals surface area (Å²) in [5, 5.41) is 7.75. The average molecular weight is 192 g/mol. The number of aliphatic hydroxyl groups is 1. The van der Waals surface area contributed by atoms with Gasteiger partial charge in [-0.25, -0.2) is 0 Å². The van der Waals surface area contributed by atoms with Gasteiger partial charge in [0.05, 0.1) is 6.61 Å². The minimum absolute atomic E-state index is 0. The summed E-state index contributed by atoms with van der Waals surface area (Å²) in [5.74, 6) is 0. The van der Waals surface area contributed by atoms with E-state index in [0.717, 1.165) is 0 Å². The van der Waals surface area contributed by atoms with E-state index in [1.54, 1.807) is 0 Å². The summed E-state index contributed by atoms with van der Waals surface area (Å²) in [6.45, 7) is 0.472. The van der Waals surface area contributed by atoms with E-state index in [9.17, 15) is 0 Å². The van der Waals surface area contributed by atoms with Crippen LogP contribution in [0.25, 0.3) is 0 Å². The largest absolute Gasteiger partial charge is 0.395 e. The van der Waals surface area contributed by atoms with Crippen molar-refractivity contribution in [3.05, 3.63) is 0 Å². The molecule has 0 saturated heterocycles. The second-order valence-corrected chi connectivity index (χ2v) is 0.512. The molecule has 0 fully saturated rings. The Balaban J connectivity index is -0.0000000450. The Morgan fingerprint density at radius 3 is 1.50 bits per heavy atom. The van der Waals surface area contributed by atoms with E-state index in [-0.39, 0.29) is 45.6 Å². The van der Waals surface area contributed by atoms with Crippen LogP contribution in [0.1, 0.15) is 0 Å². The van der Waals surface area contributed by atoms with Crippen LogP contribution in [0.2, 0.25) is 0 Å². The fourth-order valence-corrected chi connectivity index (χ4v) is 0. The monoisotopic (exact) mass is 189 g/mol. The predicted octanol–water partition coefficient (Wildman–Crippen LogP) is -1.07. The summed E-state index contributed by atoms with van der Waals surface area (Å²) in [4.78, 5) is 0. The summed E-state index contributed by atoms with van der Waals surface area (Å²) < 4.78 is 0. The van der Waals surface area contributed by atoms with Gasteiger partial charge in [-0.3, -0.25) is 0 Å². The molecular weight excluding hydrogens is 185 g/mol. The molecule has 0 atom stereocenters. The van der Waals surface area contributed by atoms with Crippen molar-refractivity contribution in [3.8, 4) is 0 Å². The van der Waals surface area contributed by atoms with Gasteiger partial charge in [0.15, 0.2) is 0 Å². The molecule has 2 nitrogen and oxygen atoms in total. The molecule has 0 aliphatic carbocycles. The van der Waals surface area contributed by atoms with Crippen LogP contribution in [0.4, 0.5) is 0 Å². The zero-order valence-electron chi connectivity index (χ0n) is 3.85. The van der Waals surface area contributed by atoms with E-state index in [1.807, 2.05) is 0 Å². The molecule has 0 saturated carbocycles. The molecule has 0 rings (SSSR count). The van der Waals surface area contributed by atoms with Gasteiger partial charge in [-0.1, -0.05) is 0 Å². The van der Waals surface area contributed by atoms with Gasteiger partial charge < -0.3 is 10.8 Å². The molecule has 6 heavy (non-hydrogen) atoms. The molecule has 0 aliphatic heterocycles. The third-order valence-electron chi connectivity index (χ3n) is 0.129. The number of nitrogens with two attached hydrogens (primary N) is 1. The summed E-state index contributed by atoms with van der Waals surface area (Å²) in [6.07, 6.45) is 0. The number of rotatable bonds is 1. The van der Waals surface area contributed by atoms with E-state index < -0.39 is 0 Å². The number of aliphatic hydroxyl groups excluding tert-OH is 1. The Labute approximate surface area is 63.0 Å². The predicted molar refractivity (Wildman–Crippen MR) is 16.1 cm³/mol. The van der Waals surface area contributed by atoms with Gasteiger partial charge in [0, 0.05) is 45.5 Å². The first-order valence-electron chi connectivity index (χ1n) is 1.22. The summed E-state index contributed by atoms with van der Waals surface area (Å²) >= 11 is 0. The summed E-state index contributed by atoms with van der Waals surface area (Å²) in [5.41, 5.74) is 4.78. The van der Waals surface area contributed by atoms with Crippen LogP contribution in [0.3, 0.4) is 0 Å². The van der Waals surface area contributed by atoms with E-state index in [2.05, 4.69) is 0 Å². The van der Waals surface area contributed by atoms with E-state index in [4.69, 9.17) is 10.8 Å². The Kier molecular flexibility index (Phi) is 42.9. The van der Waals surface area contributed by atoms with E-state index in [1.165, 1.54) is 0 Å². The Morgan fingerprint density at radius 2 is 1.50 bits per heavy atom. The first-order valence-corrected chi connectivity index (χ1v) is 1.22. The van der Waals surface area contributed by atoms with E-state index in [0.29, 0.717) is 6.54 Å². The quantitative estimate of drug-likeness (QED) is 0.519. The maximum absolute atomic E-state index is 7.75. The molecule has 4 heteroatoms. The molecule has 0 aromatic heterocycles. The van der Waals surface area contributed by atoms with Gasteiger partial charge in [-0.15, -0.1) is 0 Å². The van der Waals surface area contributed by atoms with Gasteiger partial charge >= 0.3 is 0 Å². The summed E-state index contributed by atoms with van der Waals surface area (Å²) in [7, 11) is 0. The van der Waals surface area contributed by atoms with Crippen LogP contribution in [0, 0.1) is 0 Å². The summed E-state index contributed by atoms with van der Waals surface area (Å²) in [6, 6.07) is 0. The van der Waals surface area contributed by atoms with Crippen LogP contribution in [0.5, 0.6) is 0 Å². The standard InChI is InChI=1S/C2H7NO.2Zn/c3-1-2-4;;/h4H,1-3H2;;. The van der Waals surface area contributed by atoms with Crippen LogP contribution >= 0.6 is 0 Å². The van der Waals surface area contributed by atoms with Crippen LogP contribution in [-0.2, 0) is 39.0 Å². The second-order valence-electron chi connectivity index (χ2n) is 0.512. The Bertz CT molecular complexity index is 13.5. The van der Waals surface area contributed by atoms with Crippen molar-refractivity contribution in [1.82, 2.24) is 0 Å². The Hall–Kier alpha value is 1.17. The van der Waals surface area contributed by atoms with Crippen molar-refractivity contribution in [1.29, 1.82) is 0 Å². The third-order valence-corrected chi connectivity index (χ3v) is 0.129. The average Bonchev–Trinajstić information content (AvgIpc) is 1.37. The van der Waals surface area contributed by atoms with Crippen molar-refractivity contribution < 1.29 is 44.1 Å². The van der Waals surface area contributed by atoms with Gasteiger partial charge in [0.2, 0.25) is 0 Å². The van der Waals surface area contributed by atoms with Crippen molar-refractivity contribution in [2.45, 2.75) is 0 Å². The fraction of sp³-hybridized carbons (Fsp3) is 1.00. The van der Waals surface area contributed by atoms with Gasteiger partial charge in [-0.05, 0) is 0 Å². The molecule has 0 spiro atoms. The SMILES string of the molecule is NCCO.[Zn].[Zn]. The van der Waals surface area contributed by atoms with Gasteiger partial charge in [-0.2, -0.15) is 0 Å². The molecule has 0 amide bonds. The second kappa shape index (κ2) is 16.4. The molecule has 3 N–H and O–H groups in total. The van der Waals surface area contributed by atoms with Crippen molar-refractivity contribution >= 4 is 0 Å². The van der Waals surface area contributed by atoms with Crippen LogP contribution in [0.15, 0.2) is 0 Å². The van der Waals surface area contributed by atoms with Crippen molar-refractivity contribution in [2.75, 3.05) is 13.2 Å². The van der Waals surface area contributed by atoms with E-state index >= 15 is 0 Å². The maximum atomic E-state index is 7.75. The first-order chi connectivity index (χ1) is 1.91. The molecule has 0 unspecified atom stereocenters. The van der Waals surface area contributed by atoms with Crippen molar-refractivity contribution in [2.24, 2.45) is 5.73 Å². The minimum Gasteiger partial charge on any atom is -0.395 e. The molecular formula is C2H7NOZn2. The van der Waals surface area contributed by atoms with Gasteiger partial charge in [0.25, 0.3) is 0 Å². The molecule has 0 aromatic rings. The zero-order valence-corrected chi connectivity index (χ0v) is 9.79. The molecule has 0 heterocycles. The smallest absolute Gasteiger partial charge is 0.0553 e. The van der Waals surface area contributed by atoms with Gasteiger partial charge in [0.1, 0.15) is 0 Å². The normalized spacial score (nSPS) is 5.00. The number of hydrogen-bond acceptors (Lipinski definition) is 2. The van der Waals surface area contributed by atoms with Crippen LogP contribution < -0.4 is 5.73 Å². The molecule has 30 valence electrons. The topological polar surface area (TPSA) is 46.2 Å². The third kappa shape index (κ3) is 19.1. The minimum atomic E-state index is 0. The number of hydrogen-bond donors (Lipinski definition) is 2. The Morgan fingerprint density at radius 1 is 1.33 bits per heavy atom. The molecule has 0 bridgehead atoms. The maximum Gasteiger partial charge on any atom is 0.0553 e. The molecule has 0 radical (unpaired) electrons. The first kappa shape index (κ1) is 15.7. The fourth-order valence-electron chi connectivity index (χ4n) is 0.